The SMILES string of the molecule is CCCCCCP(CCCCCC)CCCCCCP(CCCCCCP(CCCCCC)CCCCCC)CCCCCCP(CCCCCC)CCCCCC. The van der Waals surface area contributed by atoms with Crippen molar-refractivity contribution in [3.8, 4) is 0 Å². The smallest absolute Gasteiger partial charge is 0.0326 e. The summed E-state index contributed by atoms with van der Waals surface area (Å²) in [5, 5.41) is 0. The summed E-state index contributed by atoms with van der Waals surface area (Å²) in [5.41, 5.74) is 0. The lowest BCUT2D eigenvalue weighted by Gasteiger charge is -2.20. The maximum atomic E-state index is 2.37. The minimum Gasteiger partial charge on any atom is -0.107 e. The third-order valence-corrected chi connectivity index (χ3v) is 24.4. The zero-order chi connectivity index (χ0) is 42.3. The quantitative estimate of drug-likeness (QED) is 0.0422. The van der Waals surface area contributed by atoms with Gasteiger partial charge in [0.15, 0.2) is 0 Å². The second-order valence-electron chi connectivity index (χ2n) is 19.0. The Morgan fingerprint density at radius 1 is 0.138 bits per heavy atom. The van der Waals surface area contributed by atoms with Gasteiger partial charge in [0.1, 0.15) is 0 Å². The maximum absolute atomic E-state index is 2.37. The summed E-state index contributed by atoms with van der Waals surface area (Å²) < 4.78 is 0. The predicted octanol–water partition coefficient (Wildman–Crippen LogP) is 21.1. The van der Waals surface area contributed by atoms with E-state index in [1.54, 1.807) is 112 Å². The highest BCUT2D eigenvalue weighted by atomic mass is 31.1. The van der Waals surface area contributed by atoms with Crippen LogP contribution in [-0.4, -0.2) is 73.9 Å². The molecule has 0 unspecified atom stereocenters. The largest absolute Gasteiger partial charge is 0.107 e. The highest BCUT2D eigenvalue weighted by molar-refractivity contribution is 7.58. The van der Waals surface area contributed by atoms with Gasteiger partial charge in [0.25, 0.3) is 0 Å². The molecule has 0 radical (unpaired) electrons. The maximum Gasteiger partial charge on any atom is -0.0326 e. The third kappa shape index (κ3) is 44.3. The van der Waals surface area contributed by atoms with Crippen LogP contribution in [0.25, 0.3) is 0 Å². The zero-order valence-corrected chi connectivity index (χ0v) is 45.3. The molecule has 0 rings (SSSR count). The summed E-state index contributed by atoms with van der Waals surface area (Å²) in [6, 6.07) is 0. The Kier molecular flexibility index (Phi) is 52.9. The van der Waals surface area contributed by atoms with Crippen LogP contribution in [0.2, 0.25) is 0 Å². The number of unbranched alkanes of at least 4 members (excludes halogenated alkanes) is 27. The Morgan fingerprint density at radius 3 is 0.345 bits per heavy atom. The van der Waals surface area contributed by atoms with E-state index in [9.17, 15) is 0 Å². The molecule has 0 bridgehead atoms. The third-order valence-electron chi connectivity index (χ3n) is 13.1. The fraction of sp³-hybridized carbons (Fsp3) is 1.00. The van der Waals surface area contributed by atoms with Crippen molar-refractivity contribution in [2.24, 2.45) is 0 Å². The van der Waals surface area contributed by atoms with Gasteiger partial charge in [0.05, 0.1) is 0 Å². The Labute approximate surface area is 376 Å². The van der Waals surface area contributed by atoms with E-state index in [1.165, 1.54) is 193 Å². The molecule has 0 nitrogen and oxygen atoms in total. The van der Waals surface area contributed by atoms with Crippen LogP contribution in [0.1, 0.15) is 273 Å². The van der Waals surface area contributed by atoms with Gasteiger partial charge in [0, 0.05) is 0 Å². The van der Waals surface area contributed by atoms with Crippen LogP contribution in [0, 0.1) is 0 Å². The standard InChI is InChI=1S/C54H114P4/c1-7-13-19-31-43-55(44-32-20-14-8-2)49-37-25-28-40-52-58(53-41-29-26-38-50-56(45-33-21-15-9-3)46-34-22-16-10-4)54-42-30-27-39-51-57(47-35-23-17-11-5)48-36-24-18-12-6/h7-54H2,1-6H3. The summed E-state index contributed by atoms with van der Waals surface area (Å²) in [4.78, 5) is 0. The molecule has 58 heavy (non-hydrogen) atoms. The van der Waals surface area contributed by atoms with Gasteiger partial charge >= 0.3 is 0 Å². The number of hydrogen-bond donors (Lipinski definition) is 0. The molecule has 0 spiro atoms. The molecule has 0 amide bonds. The van der Waals surface area contributed by atoms with E-state index in [0.29, 0.717) is 23.8 Å². The summed E-state index contributed by atoms with van der Waals surface area (Å²) in [7, 11) is 1.25. The first-order valence-electron chi connectivity index (χ1n) is 27.5. The topological polar surface area (TPSA) is 0 Å². The van der Waals surface area contributed by atoms with Crippen molar-refractivity contribution in [3.05, 3.63) is 0 Å². The minimum absolute atomic E-state index is 0.281. The molecule has 0 saturated heterocycles. The molecule has 0 heterocycles. The van der Waals surface area contributed by atoms with Crippen molar-refractivity contribution in [1.82, 2.24) is 0 Å². The van der Waals surface area contributed by atoms with Gasteiger partial charge in [-0.2, -0.15) is 0 Å². The van der Waals surface area contributed by atoms with Gasteiger partial charge in [0.2, 0.25) is 0 Å². The Morgan fingerprint density at radius 2 is 0.241 bits per heavy atom. The molecule has 0 N–H and O–H groups in total. The highest BCUT2D eigenvalue weighted by Gasteiger charge is 2.12. The average Bonchev–Trinajstić information content (AvgIpc) is 3.23. The molecule has 350 valence electrons. The van der Waals surface area contributed by atoms with E-state index < -0.39 is 0 Å². The lowest BCUT2D eigenvalue weighted by atomic mass is 10.2. The van der Waals surface area contributed by atoms with E-state index in [2.05, 4.69) is 41.5 Å². The van der Waals surface area contributed by atoms with Crippen LogP contribution in [0.4, 0.5) is 0 Å². The molecule has 0 aliphatic heterocycles. The van der Waals surface area contributed by atoms with Gasteiger partial charge in [-0.15, -0.1) is 31.7 Å². The molecule has 0 atom stereocenters. The predicted molar refractivity (Wildman–Crippen MR) is 286 cm³/mol. The van der Waals surface area contributed by atoms with E-state index in [0.717, 1.165) is 0 Å². The van der Waals surface area contributed by atoms with E-state index in [4.69, 9.17) is 0 Å². The zero-order valence-electron chi connectivity index (χ0n) is 41.7. The van der Waals surface area contributed by atoms with Crippen molar-refractivity contribution in [2.45, 2.75) is 273 Å². The summed E-state index contributed by atoms with van der Waals surface area (Å²) in [6.07, 6.45) is 72.8. The van der Waals surface area contributed by atoms with Crippen molar-refractivity contribution >= 4 is 31.7 Å². The second-order valence-corrected chi connectivity index (χ2v) is 29.7. The molecule has 0 aliphatic carbocycles. The van der Waals surface area contributed by atoms with E-state index in [1.807, 2.05) is 0 Å². The monoisotopic (exact) mass is 887 g/mol. The van der Waals surface area contributed by atoms with Gasteiger partial charge < -0.3 is 0 Å². The molecule has 0 aromatic rings. The lowest BCUT2D eigenvalue weighted by Crippen LogP contribution is -2.00. The minimum atomic E-state index is 0.281. The molecule has 0 fully saturated rings. The van der Waals surface area contributed by atoms with Crippen LogP contribution in [-0.2, 0) is 0 Å². The van der Waals surface area contributed by atoms with Crippen molar-refractivity contribution in [2.75, 3.05) is 73.9 Å². The lowest BCUT2D eigenvalue weighted by molar-refractivity contribution is 0.681. The Hall–Kier alpha value is 1.72. The Balaban J connectivity index is 4.84. The van der Waals surface area contributed by atoms with Gasteiger partial charge in [-0.25, -0.2) is 0 Å². The van der Waals surface area contributed by atoms with Crippen molar-refractivity contribution in [1.29, 1.82) is 0 Å². The number of hydrogen-bond acceptors (Lipinski definition) is 0. The van der Waals surface area contributed by atoms with Gasteiger partial charge in [-0.3, -0.25) is 0 Å². The Bertz CT molecular complexity index is 599. The average molecular weight is 887 g/mol. The second kappa shape index (κ2) is 51.4. The first-order chi connectivity index (χ1) is 28.6. The first-order valence-corrected chi connectivity index (χ1v) is 35.1. The van der Waals surface area contributed by atoms with Crippen molar-refractivity contribution in [3.63, 3.8) is 0 Å². The normalized spacial score (nSPS) is 12.1. The molecular formula is C54H114P4. The highest BCUT2D eigenvalue weighted by Crippen LogP contribution is 2.43. The van der Waals surface area contributed by atoms with Gasteiger partial charge in [-0.05, 0) is 151 Å². The van der Waals surface area contributed by atoms with Crippen LogP contribution in [0.3, 0.4) is 0 Å². The van der Waals surface area contributed by atoms with Crippen LogP contribution >= 0.6 is 31.7 Å². The fourth-order valence-corrected chi connectivity index (χ4v) is 19.7. The molecule has 0 aliphatic rings. The summed E-state index contributed by atoms with van der Waals surface area (Å²) >= 11 is 0. The van der Waals surface area contributed by atoms with Crippen LogP contribution in [0.15, 0.2) is 0 Å². The first kappa shape index (κ1) is 59.7. The van der Waals surface area contributed by atoms with Crippen molar-refractivity contribution < 1.29 is 0 Å². The fourth-order valence-electron chi connectivity index (χ4n) is 8.99. The van der Waals surface area contributed by atoms with E-state index >= 15 is 0 Å². The molecular weight excluding hydrogens is 772 g/mol. The number of rotatable bonds is 51. The molecule has 0 aromatic carbocycles. The van der Waals surface area contributed by atoms with Crippen LogP contribution < -0.4 is 0 Å². The summed E-state index contributed by atoms with van der Waals surface area (Å²) in [5.74, 6) is 0. The van der Waals surface area contributed by atoms with Gasteiger partial charge in [-0.1, -0.05) is 196 Å². The van der Waals surface area contributed by atoms with E-state index in [-0.39, 0.29) is 7.92 Å². The molecule has 0 saturated carbocycles. The molecule has 4 heteroatoms. The molecule has 0 aromatic heterocycles. The van der Waals surface area contributed by atoms with Crippen LogP contribution in [0.5, 0.6) is 0 Å². The summed E-state index contributed by atoms with van der Waals surface area (Å²) in [6.45, 7) is 14.2.